The molecule has 0 saturated heterocycles. The summed E-state index contributed by atoms with van der Waals surface area (Å²) in [6, 6.07) is 12.7. The Labute approximate surface area is 162 Å². The molecule has 0 amide bonds. The lowest BCUT2D eigenvalue weighted by Crippen LogP contribution is -2.45. The molecule has 7 heteroatoms. The standard InChI is InChI=1S/C20H27N3O3S/c1-16-15-17(9-10-20(16)26-4)27(24,25)23-14-13-22(12-11-21(2)3)18-7-5-6-8-19(18)23/h5-10,15H,11-14H2,1-4H3. The van der Waals surface area contributed by atoms with Gasteiger partial charge in [-0.3, -0.25) is 4.31 Å². The molecule has 0 N–H and O–H groups in total. The quantitative estimate of drug-likeness (QED) is 0.760. The second-order valence-electron chi connectivity index (χ2n) is 6.99. The SMILES string of the molecule is COc1ccc(S(=O)(=O)N2CCN(CCN(C)C)c3ccccc32)cc1C. The van der Waals surface area contributed by atoms with E-state index < -0.39 is 10.0 Å². The number of hydrogen-bond acceptors (Lipinski definition) is 5. The highest BCUT2D eigenvalue weighted by atomic mass is 32.2. The van der Waals surface area contributed by atoms with E-state index in [-0.39, 0.29) is 4.90 Å². The lowest BCUT2D eigenvalue weighted by molar-refractivity contribution is 0.411. The molecule has 2 aromatic carbocycles. The highest BCUT2D eigenvalue weighted by molar-refractivity contribution is 7.92. The molecule has 3 rings (SSSR count). The fourth-order valence-electron chi connectivity index (χ4n) is 3.34. The molecule has 1 aliphatic rings. The van der Waals surface area contributed by atoms with Gasteiger partial charge in [-0.2, -0.15) is 0 Å². The Morgan fingerprint density at radius 1 is 1.07 bits per heavy atom. The molecule has 1 aliphatic heterocycles. The van der Waals surface area contributed by atoms with Gasteiger partial charge in [-0.1, -0.05) is 12.1 Å². The van der Waals surface area contributed by atoms with Gasteiger partial charge in [-0.25, -0.2) is 8.42 Å². The van der Waals surface area contributed by atoms with Gasteiger partial charge in [0.05, 0.1) is 29.9 Å². The van der Waals surface area contributed by atoms with Crippen molar-refractivity contribution in [3.05, 3.63) is 48.0 Å². The zero-order valence-electron chi connectivity index (χ0n) is 16.3. The Hall–Kier alpha value is -2.25. The Morgan fingerprint density at radius 2 is 1.78 bits per heavy atom. The van der Waals surface area contributed by atoms with E-state index in [1.54, 1.807) is 25.3 Å². The fraction of sp³-hybridized carbons (Fsp3) is 0.400. The van der Waals surface area contributed by atoms with E-state index in [1.807, 2.05) is 45.3 Å². The van der Waals surface area contributed by atoms with Crippen molar-refractivity contribution in [3.8, 4) is 5.75 Å². The van der Waals surface area contributed by atoms with Crippen LogP contribution < -0.4 is 13.9 Å². The van der Waals surface area contributed by atoms with Crippen LogP contribution in [0.5, 0.6) is 5.75 Å². The van der Waals surface area contributed by atoms with E-state index in [9.17, 15) is 8.42 Å². The average molecular weight is 390 g/mol. The number of nitrogens with zero attached hydrogens (tertiary/aromatic N) is 3. The Balaban J connectivity index is 1.96. The van der Waals surface area contributed by atoms with Crippen molar-refractivity contribution in [1.29, 1.82) is 0 Å². The van der Waals surface area contributed by atoms with Gasteiger partial charge < -0.3 is 14.5 Å². The molecule has 0 radical (unpaired) electrons. The highest BCUT2D eigenvalue weighted by Crippen LogP contribution is 2.36. The average Bonchev–Trinajstić information content (AvgIpc) is 2.65. The van der Waals surface area contributed by atoms with Crippen LogP contribution in [0.3, 0.4) is 0 Å². The molecule has 146 valence electrons. The van der Waals surface area contributed by atoms with Gasteiger partial charge >= 0.3 is 0 Å². The van der Waals surface area contributed by atoms with Crippen LogP contribution >= 0.6 is 0 Å². The number of rotatable bonds is 6. The van der Waals surface area contributed by atoms with Gasteiger partial charge in [0, 0.05) is 19.6 Å². The Kier molecular flexibility index (Phi) is 5.62. The molecule has 0 spiro atoms. The third-order valence-corrected chi connectivity index (χ3v) is 6.64. The van der Waals surface area contributed by atoms with Gasteiger partial charge in [0.25, 0.3) is 10.0 Å². The van der Waals surface area contributed by atoms with E-state index in [4.69, 9.17) is 4.74 Å². The van der Waals surface area contributed by atoms with Gasteiger partial charge in [0.2, 0.25) is 0 Å². The summed E-state index contributed by atoms with van der Waals surface area (Å²) in [6.45, 7) is 4.72. The molecular formula is C20H27N3O3S. The summed E-state index contributed by atoms with van der Waals surface area (Å²) in [5, 5.41) is 0. The number of ether oxygens (including phenoxy) is 1. The fourth-order valence-corrected chi connectivity index (χ4v) is 4.89. The summed E-state index contributed by atoms with van der Waals surface area (Å²) in [6.07, 6.45) is 0. The van der Waals surface area contributed by atoms with E-state index in [2.05, 4.69) is 9.80 Å². The molecule has 0 fully saturated rings. The van der Waals surface area contributed by atoms with E-state index in [0.717, 1.165) is 30.0 Å². The molecule has 0 aliphatic carbocycles. The van der Waals surface area contributed by atoms with Crippen molar-refractivity contribution in [2.75, 3.05) is 56.6 Å². The topological polar surface area (TPSA) is 53.1 Å². The minimum absolute atomic E-state index is 0.289. The van der Waals surface area contributed by atoms with Crippen molar-refractivity contribution >= 4 is 21.4 Å². The van der Waals surface area contributed by atoms with E-state index in [0.29, 0.717) is 18.8 Å². The lowest BCUT2D eigenvalue weighted by atomic mass is 10.2. The number of likely N-dealkylation sites (N-methyl/N-ethyl adjacent to an activating group) is 1. The van der Waals surface area contributed by atoms with Crippen molar-refractivity contribution in [2.24, 2.45) is 0 Å². The van der Waals surface area contributed by atoms with Crippen molar-refractivity contribution < 1.29 is 13.2 Å². The minimum Gasteiger partial charge on any atom is -0.496 e. The van der Waals surface area contributed by atoms with Crippen molar-refractivity contribution in [3.63, 3.8) is 0 Å². The molecular weight excluding hydrogens is 362 g/mol. The van der Waals surface area contributed by atoms with Crippen LogP contribution in [0.25, 0.3) is 0 Å². The molecule has 0 saturated carbocycles. The summed E-state index contributed by atoms with van der Waals surface area (Å²) in [5.74, 6) is 0.683. The molecule has 6 nitrogen and oxygen atoms in total. The van der Waals surface area contributed by atoms with Gasteiger partial charge in [-0.15, -0.1) is 0 Å². The third-order valence-electron chi connectivity index (χ3n) is 4.84. The first-order valence-electron chi connectivity index (χ1n) is 9.00. The number of methoxy groups -OCH3 is 1. The molecule has 0 aromatic heterocycles. The van der Waals surface area contributed by atoms with Crippen molar-refractivity contribution in [1.82, 2.24) is 4.90 Å². The molecule has 2 aromatic rings. The molecule has 27 heavy (non-hydrogen) atoms. The van der Waals surface area contributed by atoms with Gasteiger partial charge in [0.1, 0.15) is 5.75 Å². The maximum Gasteiger partial charge on any atom is 0.264 e. The van der Waals surface area contributed by atoms with Crippen LogP contribution in [0.2, 0.25) is 0 Å². The summed E-state index contributed by atoms with van der Waals surface area (Å²) in [5.41, 5.74) is 2.49. The number of sulfonamides is 1. The van der Waals surface area contributed by atoms with Crippen LogP contribution in [0.4, 0.5) is 11.4 Å². The predicted octanol–water partition coefficient (Wildman–Crippen LogP) is 2.58. The normalized spacial score (nSPS) is 14.4. The highest BCUT2D eigenvalue weighted by Gasteiger charge is 2.31. The number of benzene rings is 2. The predicted molar refractivity (Wildman–Crippen MR) is 109 cm³/mol. The summed E-state index contributed by atoms with van der Waals surface area (Å²) in [7, 11) is 2.03. The van der Waals surface area contributed by atoms with Gasteiger partial charge in [0.15, 0.2) is 0 Å². The maximum absolute atomic E-state index is 13.3. The van der Waals surface area contributed by atoms with Crippen LogP contribution in [0.15, 0.2) is 47.4 Å². The molecule has 1 heterocycles. The van der Waals surface area contributed by atoms with E-state index >= 15 is 0 Å². The number of para-hydroxylation sites is 2. The maximum atomic E-state index is 13.3. The summed E-state index contributed by atoms with van der Waals surface area (Å²) < 4.78 is 33.4. The first-order chi connectivity index (χ1) is 12.8. The zero-order chi connectivity index (χ0) is 19.6. The minimum atomic E-state index is -3.64. The number of anilines is 2. The van der Waals surface area contributed by atoms with Crippen LogP contribution in [0.1, 0.15) is 5.56 Å². The van der Waals surface area contributed by atoms with Gasteiger partial charge in [-0.05, 0) is 56.9 Å². The first-order valence-corrected chi connectivity index (χ1v) is 10.4. The largest absolute Gasteiger partial charge is 0.496 e. The number of hydrogen-bond donors (Lipinski definition) is 0. The van der Waals surface area contributed by atoms with Crippen molar-refractivity contribution in [2.45, 2.75) is 11.8 Å². The second kappa shape index (κ2) is 7.78. The molecule has 0 unspecified atom stereocenters. The number of aryl methyl sites for hydroxylation is 1. The molecule has 0 bridgehead atoms. The van der Waals surface area contributed by atoms with Crippen LogP contribution in [0, 0.1) is 6.92 Å². The van der Waals surface area contributed by atoms with Crippen LogP contribution in [-0.2, 0) is 10.0 Å². The van der Waals surface area contributed by atoms with Crippen LogP contribution in [-0.4, -0.2) is 60.7 Å². The third kappa shape index (κ3) is 3.89. The molecule has 0 atom stereocenters. The summed E-state index contributed by atoms with van der Waals surface area (Å²) >= 11 is 0. The number of fused-ring (bicyclic) bond motifs is 1. The Morgan fingerprint density at radius 3 is 2.41 bits per heavy atom. The summed E-state index contributed by atoms with van der Waals surface area (Å²) in [4.78, 5) is 4.67. The monoisotopic (exact) mass is 389 g/mol. The second-order valence-corrected chi connectivity index (χ2v) is 8.85. The first kappa shape index (κ1) is 19.5. The van der Waals surface area contributed by atoms with E-state index in [1.165, 1.54) is 4.31 Å². The smallest absolute Gasteiger partial charge is 0.264 e. The Bertz CT molecular complexity index is 912. The lowest BCUT2D eigenvalue weighted by Gasteiger charge is -2.38. The zero-order valence-corrected chi connectivity index (χ0v) is 17.2.